The minimum absolute atomic E-state index is 0.757. The van der Waals surface area contributed by atoms with Gasteiger partial charge < -0.3 is 5.32 Å². The molecule has 1 N–H and O–H groups in total. The fourth-order valence-electron chi connectivity index (χ4n) is 2.27. The van der Waals surface area contributed by atoms with E-state index in [-0.39, 0.29) is 0 Å². The summed E-state index contributed by atoms with van der Waals surface area (Å²) in [6.07, 6.45) is 5.36. The van der Waals surface area contributed by atoms with Crippen molar-refractivity contribution in [3.8, 4) is 0 Å². The Hall–Kier alpha value is -2.19. The number of nitrogens with zero attached hydrogens (tertiary/aromatic N) is 5. The molecular weight excluding hydrogens is 316 g/mol. The van der Waals surface area contributed by atoms with E-state index in [1.54, 1.807) is 40.3 Å². The molecule has 0 radical (unpaired) electrons. The number of thioether (sulfide) groups is 1. The molecule has 0 aliphatic rings. The number of nitrogens with one attached hydrogen (secondary N) is 1. The molecule has 3 heterocycles. The minimum atomic E-state index is 0.757. The molecule has 0 aliphatic carbocycles. The van der Waals surface area contributed by atoms with Crippen LogP contribution in [0.25, 0.3) is 21.3 Å². The number of anilines is 2. The van der Waals surface area contributed by atoms with Crippen molar-refractivity contribution < 1.29 is 0 Å². The second-order valence-corrected chi connectivity index (χ2v) is 6.80. The molecule has 0 spiro atoms. The highest BCUT2D eigenvalue weighted by atomic mass is 32.2. The van der Waals surface area contributed by atoms with Crippen molar-refractivity contribution in [3.63, 3.8) is 0 Å². The van der Waals surface area contributed by atoms with Crippen LogP contribution in [0.2, 0.25) is 0 Å². The highest BCUT2D eigenvalue weighted by Crippen LogP contribution is 2.31. The first-order chi connectivity index (χ1) is 10.7. The second-order valence-electron chi connectivity index (χ2n) is 4.72. The quantitative estimate of drug-likeness (QED) is 0.581. The zero-order valence-corrected chi connectivity index (χ0v) is 13.6. The topological polar surface area (TPSA) is 68.5 Å². The number of aromatic nitrogens is 5. The van der Waals surface area contributed by atoms with Gasteiger partial charge in [-0.1, -0.05) is 11.8 Å². The maximum atomic E-state index is 4.55. The van der Waals surface area contributed by atoms with Crippen molar-refractivity contribution in [2.24, 2.45) is 7.05 Å². The molecule has 0 fully saturated rings. The summed E-state index contributed by atoms with van der Waals surface area (Å²) in [6, 6.07) is 6.13. The van der Waals surface area contributed by atoms with Crippen molar-refractivity contribution in [1.82, 2.24) is 24.7 Å². The highest BCUT2D eigenvalue weighted by Gasteiger charge is 2.09. The summed E-state index contributed by atoms with van der Waals surface area (Å²) in [5, 5.41) is 8.48. The molecule has 4 aromatic rings. The van der Waals surface area contributed by atoms with Crippen LogP contribution in [0, 0.1) is 0 Å². The Kier molecular flexibility index (Phi) is 3.20. The number of hydrogen-bond acceptors (Lipinski definition) is 7. The third-order valence-electron chi connectivity index (χ3n) is 3.34. The van der Waals surface area contributed by atoms with Gasteiger partial charge in [0.1, 0.15) is 12.1 Å². The SMILES string of the molecule is CSc1nc2ccc(Nc3ncnc4c3cnn4C)cc2s1. The zero-order chi connectivity index (χ0) is 15.1. The third-order valence-corrected chi connectivity index (χ3v) is 5.34. The van der Waals surface area contributed by atoms with E-state index >= 15 is 0 Å². The predicted molar refractivity (Wildman–Crippen MR) is 91.0 cm³/mol. The molecule has 110 valence electrons. The van der Waals surface area contributed by atoms with Crippen LogP contribution in [-0.4, -0.2) is 31.0 Å². The Morgan fingerprint density at radius 1 is 1.27 bits per heavy atom. The Labute approximate surface area is 134 Å². The molecule has 1 aromatic carbocycles. The van der Waals surface area contributed by atoms with Crippen molar-refractivity contribution in [1.29, 1.82) is 0 Å². The molecule has 0 atom stereocenters. The van der Waals surface area contributed by atoms with Crippen LogP contribution >= 0.6 is 23.1 Å². The first kappa shape index (κ1) is 13.5. The monoisotopic (exact) mass is 328 g/mol. The molecule has 0 amide bonds. The molecule has 4 rings (SSSR count). The summed E-state index contributed by atoms with van der Waals surface area (Å²) in [7, 11) is 1.87. The molecule has 0 saturated carbocycles. The van der Waals surface area contributed by atoms with Gasteiger partial charge in [-0.05, 0) is 24.5 Å². The van der Waals surface area contributed by atoms with Crippen LogP contribution < -0.4 is 5.32 Å². The van der Waals surface area contributed by atoms with E-state index < -0.39 is 0 Å². The van der Waals surface area contributed by atoms with Gasteiger partial charge in [0.15, 0.2) is 9.99 Å². The van der Waals surface area contributed by atoms with Gasteiger partial charge in [0, 0.05) is 12.7 Å². The lowest BCUT2D eigenvalue weighted by Gasteiger charge is -2.06. The van der Waals surface area contributed by atoms with Gasteiger partial charge in [-0.3, -0.25) is 4.68 Å². The molecule has 3 aromatic heterocycles. The average molecular weight is 328 g/mol. The van der Waals surface area contributed by atoms with Crippen molar-refractivity contribution >= 4 is 55.9 Å². The Morgan fingerprint density at radius 2 is 2.18 bits per heavy atom. The first-order valence-corrected chi connectivity index (χ1v) is 8.63. The molecule has 0 bridgehead atoms. The number of aryl methyl sites for hydroxylation is 1. The maximum absolute atomic E-state index is 4.55. The summed E-state index contributed by atoms with van der Waals surface area (Å²) in [5.41, 5.74) is 2.81. The standard InChI is InChI=1S/C14H12N6S2/c1-20-13-9(6-17-20)12(15-7-16-13)18-8-3-4-10-11(5-8)22-14(19-10)21-2/h3-7H,1-2H3,(H,15,16,18). The van der Waals surface area contributed by atoms with Gasteiger partial charge in [-0.25, -0.2) is 15.0 Å². The molecule has 22 heavy (non-hydrogen) atoms. The Bertz CT molecular complexity index is 974. The van der Waals surface area contributed by atoms with Crippen LogP contribution in [0.5, 0.6) is 0 Å². The fraction of sp³-hybridized carbons (Fsp3) is 0.143. The van der Waals surface area contributed by atoms with Crippen LogP contribution in [0.4, 0.5) is 11.5 Å². The van der Waals surface area contributed by atoms with Crippen molar-refractivity contribution in [2.75, 3.05) is 11.6 Å². The van der Waals surface area contributed by atoms with Crippen LogP contribution in [0.1, 0.15) is 0 Å². The van der Waals surface area contributed by atoms with E-state index in [2.05, 4.69) is 31.4 Å². The molecule has 0 saturated heterocycles. The smallest absolute Gasteiger partial charge is 0.163 e. The van der Waals surface area contributed by atoms with Gasteiger partial charge in [0.25, 0.3) is 0 Å². The van der Waals surface area contributed by atoms with Crippen LogP contribution in [-0.2, 0) is 7.05 Å². The van der Waals surface area contributed by atoms with E-state index in [4.69, 9.17) is 0 Å². The minimum Gasteiger partial charge on any atom is -0.339 e. The van der Waals surface area contributed by atoms with Crippen molar-refractivity contribution in [3.05, 3.63) is 30.7 Å². The van der Waals surface area contributed by atoms with Crippen LogP contribution in [0.3, 0.4) is 0 Å². The number of rotatable bonds is 3. The summed E-state index contributed by atoms with van der Waals surface area (Å²) in [5.74, 6) is 0.757. The van der Waals surface area contributed by atoms with Gasteiger partial charge in [-0.15, -0.1) is 11.3 Å². The average Bonchev–Trinajstić information content (AvgIpc) is 3.11. The van der Waals surface area contributed by atoms with Gasteiger partial charge in [0.05, 0.1) is 21.8 Å². The summed E-state index contributed by atoms with van der Waals surface area (Å²) >= 11 is 3.36. The predicted octanol–water partition coefficient (Wildman–Crippen LogP) is 3.44. The lowest BCUT2D eigenvalue weighted by atomic mass is 10.3. The highest BCUT2D eigenvalue weighted by molar-refractivity contribution is 8.00. The second kappa shape index (κ2) is 5.22. The van der Waals surface area contributed by atoms with E-state index in [9.17, 15) is 0 Å². The van der Waals surface area contributed by atoms with Gasteiger partial charge in [-0.2, -0.15) is 5.10 Å². The third kappa shape index (κ3) is 2.20. The molecule has 0 unspecified atom stereocenters. The fourth-order valence-corrected chi connectivity index (χ4v) is 3.80. The molecule has 6 nitrogen and oxygen atoms in total. The van der Waals surface area contributed by atoms with Crippen molar-refractivity contribution in [2.45, 2.75) is 4.34 Å². The number of fused-ring (bicyclic) bond motifs is 2. The Morgan fingerprint density at radius 3 is 3.05 bits per heavy atom. The molecule has 0 aliphatic heterocycles. The first-order valence-electron chi connectivity index (χ1n) is 6.59. The number of thiazole rings is 1. The van der Waals surface area contributed by atoms with E-state index in [0.717, 1.165) is 37.1 Å². The van der Waals surface area contributed by atoms with Gasteiger partial charge >= 0.3 is 0 Å². The lowest BCUT2D eigenvalue weighted by molar-refractivity contribution is 0.785. The number of hydrogen-bond donors (Lipinski definition) is 1. The summed E-state index contributed by atoms with van der Waals surface area (Å²) in [6.45, 7) is 0. The largest absolute Gasteiger partial charge is 0.339 e. The molecular formula is C14H12N6S2. The van der Waals surface area contributed by atoms with Gasteiger partial charge in [0.2, 0.25) is 0 Å². The van der Waals surface area contributed by atoms with E-state index in [1.165, 1.54) is 0 Å². The summed E-state index contributed by atoms with van der Waals surface area (Å²) < 4.78 is 3.97. The normalized spacial score (nSPS) is 11.4. The number of benzene rings is 1. The Balaban J connectivity index is 1.75. The van der Waals surface area contributed by atoms with E-state index in [1.807, 2.05) is 25.4 Å². The lowest BCUT2D eigenvalue weighted by Crippen LogP contribution is -1.97. The molecule has 8 heteroatoms. The maximum Gasteiger partial charge on any atom is 0.163 e. The summed E-state index contributed by atoms with van der Waals surface area (Å²) in [4.78, 5) is 13.1. The van der Waals surface area contributed by atoms with Crippen LogP contribution in [0.15, 0.2) is 35.1 Å². The van der Waals surface area contributed by atoms with E-state index in [0.29, 0.717) is 0 Å². The zero-order valence-electron chi connectivity index (χ0n) is 11.9.